The van der Waals surface area contributed by atoms with E-state index in [1.54, 1.807) is 18.7 Å². The highest BCUT2D eigenvalue weighted by Crippen LogP contribution is 2.31. The highest BCUT2D eigenvalue weighted by atomic mass is 35.5. The van der Waals surface area contributed by atoms with E-state index in [-0.39, 0.29) is 23.2 Å². The Bertz CT molecular complexity index is 1240. The lowest BCUT2D eigenvalue weighted by atomic mass is 10.0. The van der Waals surface area contributed by atoms with Crippen LogP contribution in [0.2, 0.25) is 5.02 Å². The number of morpholine rings is 1. The second-order valence-corrected chi connectivity index (χ2v) is 12.4. The molecule has 0 radical (unpaired) electrons. The molecule has 0 spiro atoms. The molecule has 14 heteroatoms. The monoisotopic (exact) mass is 575 g/mol. The van der Waals surface area contributed by atoms with E-state index in [1.165, 1.54) is 24.3 Å². The molecule has 37 heavy (non-hydrogen) atoms. The Labute approximate surface area is 223 Å². The number of ether oxygens (including phenoxy) is 2. The first-order chi connectivity index (χ1) is 17.3. The topological polar surface area (TPSA) is 139 Å². The van der Waals surface area contributed by atoms with Crippen molar-refractivity contribution < 1.29 is 37.1 Å². The minimum absolute atomic E-state index is 0.00749. The van der Waals surface area contributed by atoms with Gasteiger partial charge in [0.05, 0.1) is 23.9 Å². The van der Waals surface area contributed by atoms with E-state index in [4.69, 9.17) is 26.8 Å². The summed E-state index contributed by atoms with van der Waals surface area (Å²) in [6.07, 6.45) is 0. The summed E-state index contributed by atoms with van der Waals surface area (Å²) in [5, 5.41) is 10.7. The number of hydrogen-bond acceptors (Lipinski definition) is 9. The Balaban J connectivity index is 1.68. The fraction of sp³-hybridized carbons (Fsp3) is 0.391. The van der Waals surface area contributed by atoms with E-state index in [0.29, 0.717) is 37.4 Å². The third-order valence-corrected chi connectivity index (χ3v) is 8.73. The van der Waals surface area contributed by atoms with Crippen molar-refractivity contribution in [3.63, 3.8) is 0 Å². The zero-order valence-corrected chi connectivity index (χ0v) is 22.5. The summed E-state index contributed by atoms with van der Waals surface area (Å²) in [6.45, 7) is 4.88. The van der Waals surface area contributed by atoms with Crippen LogP contribution in [-0.4, -0.2) is 77.7 Å². The molecule has 1 heterocycles. The summed E-state index contributed by atoms with van der Waals surface area (Å²) >= 11 is 6.85. The number of nitrogens with two attached hydrogens (primary N) is 1. The van der Waals surface area contributed by atoms with E-state index in [0.717, 1.165) is 23.9 Å². The molecule has 1 atom stereocenters. The van der Waals surface area contributed by atoms with Gasteiger partial charge in [-0.25, -0.2) is 4.39 Å². The third-order valence-electron chi connectivity index (χ3n) is 5.61. The number of hydrogen-bond donors (Lipinski definition) is 2. The number of halogens is 2. The van der Waals surface area contributed by atoms with Crippen LogP contribution in [-0.2, 0) is 24.3 Å². The molecular formula is C23H27ClFN3O7S2. The number of nitrogens with zero attached hydrogens (tertiary/aromatic N) is 2. The largest absolute Gasteiger partial charge is 0.454 e. The zero-order valence-electron chi connectivity index (χ0n) is 20.1. The first-order valence-electron chi connectivity index (χ1n) is 11.1. The van der Waals surface area contributed by atoms with Crippen molar-refractivity contribution in [2.75, 3.05) is 32.1 Å². The van der Waals surface area contributed by atoms with E-state index < -0.39 is 41.9 Å². The summed E-state index contributed by atoms with van der Waals surface area (Å²) < 4.78 is 49.2. The standard InChI is InChI=1S/C23H27ClFN3O7S2/c1-23(2,36-14-20(29)27-9-11-34-12-10-27)21(26)22(30)28(31)37(32,33)17-7-8-19(18(25)13-17)35-16-5-3-15(24)4-6-16/h3-8,13,21,31H,9-12,14,26H2,1-2H3/t21-/m0/s1. The SMILES string of the molecule is CC(C)(SCC(=O)N1CCOCC1)[C@@H](N)C(=O)N(O)S(=O)(=O)c1ccc(Oc2ccc(Cl)cc2)c(F)c1. The predicted molar refractivity (Wildman–Crippen MR) is 136 cm³/mol. The summed E-state index contributed by atoms with van der Waals surface area (Å²) in [5.41, 5.74) is 6.00. The van der Waals surface area contributed by atoms with Crippen molar-refractivity contribution in [1.82, 2.24) is 9.37 Å². The molecule has 2 amide bonds. The predicted octanol–water partition coefficient (Wildman–Crippen LogP) is 2.88. The lowest BCUT2D eigenvalue weighted by Gasteiger charge is -2.33. The molecule has 202 valence electrons. The number of rotatable bonds is 9. The van der Waals surface area contributed by atoms with E-state index in [9.17, 15) is 27.6 Å². The third kappa shape index (κ3) is 7.12. The van der Waals surface area contributed by atoms with Gasteiger partial charge in [0.25, 0.3) is 15.9 Å². The van der Waals surface area contributed by atoms with E-state index >= 15 is 0 Å². The van der Waals surface area contributed by atoms with Crippen molar-refractivity contribution in [2.24, 2.45) is 5.73 Å². The molecule has 0 aliphatic carbocycles. The number of amides is 2. The fourth-order valence-electron chi connectivity index (χ4n) is 3.23. The van der Waals surface area contributed by atoms with Gasteiger partial charge < -0.3 is 20.1 Å². The van der Waals surface area contributed by atoms with Gasteiger partial charge in [-0.1, -0.05) is 11.6 Å². The Hall–Kier alpha value is -2.42. The molecule has 1 fully saturated rings. The quantitative estimate of drug-likeness (QED) is 0.341. The number of hydroxylamine groups is 1. The first-order valence-corrected chi connectivity index (χ1v) is 13.9. The first kappa shape index (κ1) is 29.1. The lowest BCUT2D eigenvalue weighted by Crippen LogP contribution is -2.54. The Morgan fingerprint density at radius 1 is 1.24 bits per heavy atom. The van der Waals surface area contributed by atoms with Crippen LogP contribution in [0.5, 0.6) is 11.5 Å². The molecule has 1 aliphatic rings. The second kappa shape index (κ2) is 12.0. The van der Waals surface area contributed by atoms with Gasteiger partial charge in [-0.3, -0.25) is 14.8 Å². The van der Waals surface area contributed by atoms with E-state index in [1.807, 2.05) is 0 Å². The highest BCUT2D eigenvalue weighted by molar-refractivity contribution is 8.01. The van der Waals surface area contributed by atoms with Crippen LogP contribution < -0.4 is 10.5 Å². The van der Waals surface area contributed by atoms with Crippen molar-refractivity contribution in [1.29, 1.82) is 0 Å². The van der Waals surface area contributed by atoms with Gasteiger partial charge >= 0.3 is 0 Å². The number of thioether (sulfide) groups is 1. The van der Waals surface area contributed by atoms with Gasteiger partial charge in [0, 0.05) is 22.9 Å². The molecule has 0 saturated carbocycles. The Morgan fingerprint density at radius 2 is 1.86 bits per heavy atom. The molecule has 0 unspecified atom stereocenters. The van der Waals surface area contributed by atoms with Gasteiger partial charge in [-0.05, 0) is 56.3 Å². The maximum atomic E-state index is 14.6. The van der Waals surface area contributed by atoms with Crippen molar-refractivity contribution >= 4 is 45.2 Å². The molecule has 0 aromatic heterocycles. The number of carbonyl (C=O) groups is 2. The van der Waals surface area contributed by atoms with E-state index in [2.05, 4.69) is 0 Å². The molecule has 3 N–H and O–H groups in total. The van der Waals surface area contributed by atoms with Gasteiger partial charge in [-0.15, -0.1) is 16.2 Å². The summed E-state index contributed by atoms with van der Waals surface area (Å²) in [4.78, 5) is 26.1. The van der Waals surface area contributed by atoms with Crippen molar-refractivity contribution in [2.45, 2.75) is 29.5 Å². The number of sulfonamides is 1. The molecular weight excluding hydrogens is 549 g/mol. The number of benzene rings is 2. The summed E-state index contributed by atoms with van der Waals surface area (Å²) in [5.74, 6) is -2.58. The molecule has 3 rings (SSSR count). The minimum atomic E-state index is -4.86. The molecule has 0 bridgehead atoms. The van der Waals surface area contributed by atoms with Crippen LogP contribution in [0.25, 0.3) is 0 Å². The minimum Gasteiger partial charge on any atom is -0.454 e. The highest BCUT2D eigenvalue weighted by Gasteiger charge is 2.40. The summed E-state index contributed by atoms with van der Waals surface area (Å²) in [6, 6.07) is 7.19. The maximum absolute atomic E-state index is 14.6. The van der Waals surface area contributed by atoms with Crippen molar-refractivity contribution in [3.05, 3.63) is 53.3 Å². The van der Waals surface area contributed by atoms with Crippen LogP contribution in [0.15, 0.2) is 47.4 Å². The molecule has 2 aromatic rings. The molecule has 1 saturated heterocycles. The van der Waals surface area contributed by atoms with Gasteiger partial charge in [0.15, 0.2) is 11.6 Å². The summed E-state index contributed by atoms with van der Waals surface area (Å²) in [7, 11) is -4.86. The molecule has 2 aromatic carbocycles. The Kier molecular flexibility index (Phi) is 9.42. The average molecular weight is 576 g/mol. The number of carbonyl (C=O) groups excluding carboxylic acids is 2. The van der Waals surface area contributed by atoms with Crippen LogP contribution in [0.1, 0.15) is 13.8 Å². The lowest BCUT2D eigenvalue weighted by molar-refractivity contribution is -0.148. The van der Waals surface area contributed by atoms with Crippen LogP contribution >= 0.6 is 23.4 Å². The van der Waals surface area contributed by atoms with Crippen LogP contribution in [0.4, 0.5) is 4.39 Å². The van der Waals surface area contributed by atoms with Gasteiger partial charge in [0.1, 0.15) is 11.8 Å². The van der Waals surface area contributed by atoms with Gasteiger partial charge in [0.2, 0.25) is 5.91 Å². The Morgan fingerprint density at radius 3 is 2.46 bits per heavy atom. The van der Waals surface area contributed by atoms with Gasteiger partial charge in [-0.2, -0.15) is 8.42 Å². The van der Waals surface area contributed by atoms with Crippen molar-refractivity contribution in [3.8, 4) is 11.5 Å². The second-order valence-electron chi connectivity index (χ2n) is 8.60. The zero-order chi connectivity index (χ0) is 27.4. The normalized spacial score (nSPS) is 15.2. The molecule has 10 nitrogen and oxygen atoms in total. The smallest absolute Gasteiger partial charge is 0.289 e. The fourth-order valence-corrected chi connectivity index (χ4v) is 5.36. The maximum Gasteiger partial charge on any atom is 0.289 e. The van der Waals surface area contributed by atoms with Crippen LogP contribution in [0, 0.1) is 5.82 Å². The molecule has 1 aliphatic heterocycles. The average Bonchev–Trinajstić information content (AvgIpc) is 2.88. The van der Waals surface area contributed by atoms with Crippen LogP contribution in [0.3, 0.4) is 0 Å².